The maximum atomic E-state index is 13.0. The average Bonchev–Trinajstić information content (AvgIpc) is 2.67. The van der Waals surface area contributed by atoms with Crippen LogP contribution in [0.1, 0.15) is 32.8 Å². The number of nitrogens with one attached hydrogen (secondary N) is 1. The molecule has 29 heavy (non-hydrogen) atoms. The molecule has 2 rings (SSSR count). The summed E-state index contributed by atoms with van der Waals surface area (Å²) in [6.45, 7) is 5.73. The molecule has 0 aliphatic heterocycles. The summed E-state index contributed by atoms with van der Waals surface area (Å²) >= 11 is 12.0. The molecule has 0 saturated carbocycles. The largest absolute Gasteiger partial charge is 0.482 e. The average molecular weight is 437 g/mol. The zero-order valence-corrected chi connectivity index (χ0v) is 18.3. The molecule has 0 bridgehead atoms. The summed E-state index contributed by atoms with van der Waals surface area (Å²) in [5.41, 5.74) is 0.932. The summed E-state index contributed by atoms with van der Waals surface area (Å²) in [4.78, 5) is 27.3. The smallest absolute Gasteiger partial charge is 0.261 e. The molecule has 5 nitrogen and oxygen atoms in total. The molecule has 0 aliphatic rings. The molecule has 0 fully saturated rings. The number of rotatable bonds is 9. The number of amides is 2. The SMILES string of the molecule is CC[C@@H](C(=O)NC(C)C)N(Cc1ccccc1)C(=O)COc1ccc(Cl)cc1Cl. The van der Waals surface area contributed by atoms with Crippen molar-refractivity contribution in [3.63, 3.8) is 0 Å². The minimum Gasteiger partial charge on any atom is -0.482 e. The van der Waals surface area contributed by atoms with Gasteiger partial charge in [0.2, 0.25) is 5.91 Å². The highest BCUT2D eigenvalue weighted by atomic mass is 35.5. The first-order chi connectivity index (χ1) is 13.8. The Bertz CT molecular complexity index is 828. The molecule has 2 amide bonds. The third-order valence-corrected chi connectivity index (χ3v) is 4.79. The van der Waals surface area contributed by atoms with Crippen LogP contribution in [-0.4, -0.2) is 35.4 Å². The fraction of sp³-hybridized carbons (Fsp3) is 0.364. The van der Waals surface area contributed by atoms with Gasteiger partial charge in [0.05, 0.1) is 5.02 Å². The lowest BCUT2D eigenvalue weighted by Gasteiger charge is -2.31. The zero-order chi connectivity index (χ0) is 21.4. The number of benzene rings is 2. The van der Waals surface area contributed by atoms with Crippen LogP contribution in [0.25, 0.3) is 0 Å². The van der Waals surface area contributed by atoms with Crippen LogP contribution in [0.15, 0.2) is 48.5 Å². The van der Waals surface area contributed by atoms with E-state index >= 15 is 0 Å². The number of halogens is 2. The van der Waals surface area contributed by atoms with Crippen LogP contribution >= 0.6 is 23.2 Å². The van der Waals surface area contributed by atoms with Gasteiger partial charge in [-0.1, -0.05) is 60.5 Å². The minimum absolute atomic E-state index is 0.0191. The van der Waals surface area contributed by atoms with E-state index in [1.807, 2.05) is 51.1 Å². The second kappa shape index (κ2) is 11.1. The molecule has 2 aromatic rings. The number of hydrogen-bond donors (Lipinski definition) is 1. The standard InChI is InChI=1S/C22H26Cl2N2O3/c1-4-19(22(28)25-15(2)3)26(13-16-8-6-5-7-9-16)21(27)14-29-20-11-10-17(23)12-18(20)24/h5-12,15,19H,4,13-14H2,1-3H3,(H,25,28)/t19-/m0/s1. The van der Waals surface area contributed by atoms with E-state index in [2.05, 4.69) is 5.32 Å². The summed E-state index contributed by atoms with van der Waals surface area (Å²) in [5.74, 6) is -0.120. The van der Waals surface area contributed by atoms with Crippen molar-refractivity contribution in [1.29, 1.82) is 0 Å². The second-order valence-electron chi connectivity index (χ2n) is 6.96. The summed E-state index contributed by atoms with van der Waals surface area (Å²) in [7, 11) is 0. The molecule has 0 aromatic heterocycles. The molecule has 7 heteroatoms. The Kier molecular flexibility index (Phi) is 8.80. The van der Waals surface area contributed by atoms with Crippen molar-refractivity contribution >= 4 is 35.0 Å². The lowest BCUT2D eigenvalue weighted by molar-refractivity contribution is -0.143. The number of ether oxygens (including phenoxy) is 1. The highest BCUT2D eigenvalue weighted by Crippen LogP contribution is 2.27. The van der Waals surface area contributed by atoms with Crippen molar-refractivity contribution in [2.24, 2.45) is 0 Å². The summed E-state index contributed by atoms with van der Waals surface area (Å²) in [6, 6.07) is 13.7. The second-order valence-corrected chi connectivity index (χ2v) is 7.80. The predicted molar refractivity (Wildman–Crippen MR) is 116 cm³/mol. The summed E-state index contributed by atoms with van der Waals surface area (Å²) in [6.07, 6.45) is 0.485. The van der Waals surface area contributed by atoms with E-state index in [1.165, 1.54) is 0 Å². The van der Waals surface area contributed by atoms with E-state index < -0.39 is 6.04 Å². The Hall–Kier alpha value is -2.24. The molecule has 0 aliphatic carbocycles. The van der Waals surface area contributed by atoms with Gasteiger partial charge in [-0.15, -0.1) is 0 Å². The van der Waals surface area contributed by atoms with E-state index in [9.17, 15) is 9.59 Å². The van der Waals surface area contributed by atoms with Gasteiger partial charge in [-0.3, -0.25) is 9.59 Å². The topological polar surface area (TPSA) is 58.6 Å². The Morgan fingerprint density at radius 2 is 1.79 bits per heavy atom. The Morgan fingerprint density at radius 3 is 2.38 bits per heavy atom. The summed E-state index contributed by atoms with van der Waals surface area (Å²) < 4.78 is 5.61. The normalized spacial score (nSPS) is 11.8. The van der Waals surface area contributed by atoms with E-state index in [4.69, 9.17) is 27.9 Å². The van der Waals surface area contributed by atoms with Gasteiger partial charge in [0.15, 0.2) is 6.61 Å². The molecule has 156 valence electrons. The van der Waals surface area contributed by atoms with Crippen molar-refractivity contribution in [3.8, 4) is 5.75 Å². The van der Waals surface area contributed by atoms with Crippen LogP contribution in [0.4, 0.5) is 0 Å². The van der Waals surface area contributed by atoms with E-state index in [0.717, 1.165) is 5.56 Å². The quantitative estimate of drug-likeness (QED) is 0.619. The maximum absolute atomic E-state index is 13.0. The minimum atomic E-state index is -0.602. The third kappa shape index (κ3) is 6.94. The van der Waals surface area contributed by atoms with Crippen LogP contribution in [0, 0.1) is 0 Å². The predicted octanol–water partition coefficient (Wildman–Crippen LogP) is 4.70. The number of carbonyl (C=O) groups excluding carboxylic acids is 2. The number of carbonyl (C=O) groups is 2. The molecule has 2 aromatic carbocycles. The van der Waals surface area contributed by atoms with Crippen molar-refractivity contribution in [2.75, 3.05) is 6.61 Å². The van der Waals surface area contributed by atoms with Gasteiger partial charge in [0, 0.05) is 17.6 Å². The maximum Gasteiger partial charge on any atom is 0.261 e. The Labute approximate surface area is 181 Å². The van der Waals surface area contributed by atoms with Crippen LogP contribution < -0.4 is 10.1 Å². The molecule has 0 radical (unpaired) electrons. The van der Waals surface area contributed by atoms with Crippen molar-refractivity contribution in [3.05, 3.63) is 64.1 Å². The van der Waals surface area contributed by atoms with Gasteiger partial charge in [-0.05, 0) is 44.0 Å². The first-order valence-corrected chi connectivity index (χ1v) is 10.3. The van der Waals surface area contributed by atoms with Gasteiger partial charge < -0.3 is 15.0 Å². The van der Waals surface area contributed by atoms with Crippen LogP contribution in [-0.2, 0) is 16.1 Å². The lowest BCUT2D eigenvalue weighted by Crippen LogP contribution is -2.51. The Balaban J connectivity index is 2.20. The highest BCUT2D eigenvalue weighted by Gasteiger charge is 2.29. The monoisotopic (exact) mass is 436 g/mol. The van der Waals surface area contributed by atoms with Crippen LogP contribution in [0.3, 0.4) is 0 Å². The molecular weight excluding hydrogens is 411 g/mol. The lowest BCUT2D eigenvalue weighted by atomic mass is 10.1. The van der Waals surface area contributed by atoms with Crippen LogP contribution in [0.2, 0.25) is 10.0 Å². The first kappa shape index (κ1) is 23.0. The number of hydrogen-bond acceptors (Lipinski definition) is 3. The van der Waals surface area contributed by atoms with Gasteiger partial charge >= 0.3 is 0 Å². The van der Waals surface area contributed by atoms with E-state index in [-0.39, 0.29) is 24.5 Å². The zero-order valence-electron chi connectivity index (χ0n) is 16.8. The fourth-order valence-corrected chi connectivity index (χ4v) is 3.36. The summed E-state index contributed by atoms with van der Waals surface area (Å²) in [5, 5.41) is 3.70. The highest BCUT2D eigenvalue weighted by molar-refractivity contribution is 6.35. The van der Waals surface area contributed by atoms with Gasteiger partial charge in [0.1, 0.15) is 11.8 Å². The van der Waals surface area contributed by atoms with Gasteiger partial charge in [-0.2, -0.15) is 0 Å². The van der Waals surface area contributed by atoms with Gasteiger partial charge in [-0.25, -0.2) is 0 Å². The fourth-order valence-electron chi connectivity index (χ4n) is 2.89. The molecule has 1 N–H and O–H groups in total. The van der Waals surface area contributed by atoms with Crippen molar-refractivity contribution in [2.45, 2.75) is 45.8 Å². The van der Waals surface area contributed by atoms with Crippen molar-refractivity contribution in [1.82, 2.24) is 10.2 Å². The van der Waals surface area contributed by atoms with E-state index in [1.54, 1.807) is 23.1 Å². The number of nitrogens with zero attached hydrogens (tertiary/aromatic N) is 1. The molecule has 0 spiro atoms. The third-order valence-electron chi connectivity index (χ3n) is 4.26. The molecule has 0 saturated heterocycles. The molecule has 1 atom stereocenters. The Morgan fingerprint density at radius 1 is 1.10 bits per heavy atom. The molecule has 0 unspecified atom stereocenters. The molecular formula is C22H26Cl2N2O3. The first-order valence-electron chi connectivity index (χ1n) is 9.53. The van der Waals surface area contributed by atoms with Crippen molar-refractivity contribution < 1.29 is 14.3 Å². The van der Waals surface area contributed by atoms with Crippen LogP contribution in [0.5, 0.6) is 5.75 Å². The van der Waals surface area contributed by atoms with E-state index in [0.29, 0.717) is 28.8 Å². The molecule has 0 heterocycles. The van der Waals surface area contributed by atoms with Gasteiger partial charge in [0.25, 0.3) is 5.91 Å².